The van der Waals surface area contributed by atoms with E-state index in [0.717, 1.165) is 4.57 Å². The zero-order chi connectivity index (χ0) is 15.6. The second-order valence-corrected chi connectivity index (χ2v) is 5.53. The summed E-state index contributed by atoms with van der Waals surface area (Å²) < 4.78 is 19.3. The van der Waals surface area contributed by atoms with Crippen LogP contribution in [0.1, 0.15) is 20.8 Å². The van der Waals surface area contributed by atoms with E-state index in [-0.39, 0.29) is 12.4 Å². The molecule has 0 aliphatic carbocycles. The molecule has 0 bridgehead atoms. The van der Waals surface area contributed by atoms with Crippen LogP contribution in [-0.2, 0) is 16.1 Å². The molecule has 0 saturated carbocycles. The summed E-state index contributed by atoms with van der Waals surface area (Å²) in [4.78, 5) is 23.6. The standard InChI is InChI=1S/C14H16FN3O3/c1-14(2,3)21-11(19)8-18-12(16-17-13(18)20)9-4-6-10(15)7-5-9/h4-7H,8H2,1-3H3,(H,17,20). The Balaban J connectivity index is 2.29. The molecule has 2 rings (SSSR count). The van der Waals surface area contributed by atoms with Gasteiger partial charge in [0.2, 0.25) is 0 Å². The summed E-state index contributed by atoms with van der Waals surface area (Å²) in [7, 11) is 0. The van der Waals surface area contributed by atoms with Crippen molar-refractivity contribution in [3.63, 3.8) is 0 Å². The molecule has 2 aromatic rings. The molecule has 1 aromatic carbocycles. The van der Waals surface area contributed by atoms with Gasteiger partial charge < -0.3 is 4.74 Å². The number of ether oxygens (including phenoxy) is 1. The van der Waals surface area contributed by atoms with Gasteiger partial charge in [0.05, 0.1) is 0 Å². The summed E-state index contributed by atoms with van der Waals surface area (Å²) in [6, 6.07) is 5.48. The molecule has 7 heteroatoms. The molecule has 0 spiro atoms. The molecule has 1 aromatic heterocycles. The molecule has 0 radical (unpaired) electrons. The first-order chi connectivity index (χ1) is 9.76. The van der Waals surface area contributed by atoms with Crippen molar-refractivity contribution in [1.29, 1.82) is 0 Å². The maximum Gasteiger partial charge on any atom is 0.344 e. The van der Waals surface area contributed by atoms with E-state index in [1.807, 2.05) is 0 Å². The van der Waals surface area contributed by atoms with Crippen LogP contribution in [0, 0.1) is 5.82 Å². The average Bonchev–Trinajstić information content (AvgIpc) is 2.70. The van der Waals surface area contributed by atoms with E-state index in [0.29, 0.717) is 5.56 Å². The van der Waals surface area contributed by atoms with Gasteiger partial charge >= 0.3 is 11.7 Å². The minimum atomic E-state index is -0.638. The molecule has 0 fully saturated rings. The number of hydrogen-bond donors (Lipinski definition) is 1. The molecule has 6 nitrogen and oxygen atoms in total. The highest BCUT2D eigenvalue weighted by molar-refractivity contribution is 5.70. The lowest BCUT2D eigenvalue weighted by atomic mass is 10.2. The molecule has 0 aliphatic rings. The Labute approximate surface area is 120 Å². The van der Waals surface area contributed by atoms with Crippen molar-refractivity contribution in [3.8, 4) is 11.4 Å². The fourth-order valence-corrected chi connectivity index (χ4v) is 1.79. The lowest BCUT2D eigenvalue weighted by Crippen LogP contribution is -2.30. The fourth-order valence-electron chi connectivity index (χ4n) is 1.79. The smallest absolute Gasteiger partial charge is 0.344 e. The Bertz CT molecular complexity index is 695. The summed E-state index contributed by atoms with van der Waals surface area (Å²) in [5.74, 6) is -0.685. The molecule has 21 heavy (non-hydrogen) atoms. The highest BCUT2D eigenvalue weighted by Gasteiger charge is 2.19. The summed E-state index contributed by atoms with van der Waals surface area (Å²) in [5, 5.41) is 6.13. The maximum atomic E-state index is 12.9. The number of hydrogen-bond acceptors (Lipinski definition) is 4. The molecular weight excluding hydrogens is 277 g/mol. The normalized spacial score (nSPS) is 11.4. The molecule has 0 atom stereocenters. The number of aromatic amines is 1. The number of aromatic nitrogens is 3. The van der Waals surface area contributed by atoms with Gasteiger partial charge in [0.25, 0.3) is 0 Å². The van der Waals surface area contributed by atoms with Gasteiger partial charge in [-0.15, -0.1) is 0 Å². The van der Waals surface area contributed by atoms with E-state index in [1.54, 1.807) is 20.8 Å². The number of rotatable bonds is 3. The Hall–Kier alpha value is -2.44. The summed E-state index contributed by atoms with van der Waals surface area (Å²) >= 11 is 0. The molecule has 0 unspecified atom stereocenters. The highest BCUT2D eigenvalue weighted by atomic mass is 19.1. The number of benzene rings is 1. The third-order valence-corrected chi connectivity index (χ3v) is 2.57. The van der Waals surface area contributed by atoms with Gasteiger partial charge in [-0.25, -0.2) is 14.3 Å². The van der Waals surface area contributed by atoms with Crippen molar-refractivity contribution in [2.75, 3.05) is 0 Å². The zero-order valence-corrected chi connectivity index (χ0v) is 12.0. The van der Waals surface area contributed by atoms with Crippen molar-refractivity contribution >= 4 is 5.97 Å². The lowest BCUT2D eigenvalue weighted by molar-refractivity contribution is -0.155. The van der Waals surface area contributed by atoms with Gasteiger partial charge in [-0.2, -0.15) is 5.10 Å². The SMILES string of the molecule is CC(C)(C)OC(=O)Cn1c(-c2ccc(F)cc2)n[nH]c1=O. The third kappa shape index (κ3) is 3.77. The predicted octanol–water partition coefficient (Wildman–Crippen LogP) is 1.72. The second kappa shape index (κ2) is 5.51. The number of nitrogens with zero attached hydrogens (tertiary/aromatic N) is 2. The van der Waals surface area contributed by atoms with Crippen LogP contribution in [0.5, 0.6) is 0 Å². The van der Waals surface area contributed by atoms with Gasteiger partial charge in [0, 0.05) is 5.56 Å². The predicted molar refractivity (Wildman–Crippen MR) is 74.1 cm³/mol. The summed E-state index contributed by atoms with van der Waals surface area (Å²) in [5.41, 5.74) is -0.640. The third-order valence-electron chi connectivity index (χ3n) is 2.57. The van der Waals surface area contributed by atoms with Gasteiger partial charge in [-0.3, -0.25) is 9.36 Å². The second-order valence-electron chi connectivity index (χ2n) is 5.53. The molecule has 0 aliphatic heterocycles. The molecule has 1 N–H and O–H groups in total. The fraction of sp³-hybridized carbons (Fsp3) is 0.357. The van der Waals surface area contributed by atoms with Crippen molar-refractivity contribution in [3.05, 3.63) is 40.6 Å². The summed E-state index contributed by atoms with van der Waals surface area (Å²) in [6.45, 7) is 4.96. The van der Waals surface area contributed by atoms with Crippen LogP contribution in [0.15, 0.2) is 29.1 Å². The highest BCUT2D eigenvalue weighted by Crippen LogP contribution is 2.16. The zero-order valence-electron chi connectivity index (χ0n) is 12.0. The average molecular weight is 293 g/mol. The van der Waals surface area contributed by atoms with Crippen LogP contribution in [0.2, 0.25) is 0 Å². The van der Waals surface area contributed by atoms with E-state index in [4.69, 9.17) is 4.74 Å². The number of nitrogens with one attached hydrogen (secondary N) is 1. The van der Waals surface area contributed by atoms with Crippen molar-refractivity contribution < 1.29 is 13.9 Å². The van der Waals surface area contributed by atoms with Crippen LogP contribution in [-0.4, -0.2) is 26.3 Å². The minimum Gasteiger partial charge on any atom is -0.459 e. The van der Waals surface area contributed by atoms with Crippen LogP contribution >= 0.6 is 0 Å². The number of H-pyrrole nitrogens is 1. The first-order valence-corrected chi connectivity index (χ1v) is 6.39. The monoisotopic (exact) mass is 293 g/mol. The van der Waals surface area contributed by atoms with E-state index >= 15 is 0 Å². The lowest BCUT2D eigenvalue weighted by Gasteiger charge is -2.19. The van der Waals surface area contributed by atoms with Crippen LogP contribution in [0.25, 0.3) is 11.4 Å². The Morgan fingerprint density at radius 1 is 1.33 bits per heavy atom. The van der Waals surface area contributed by atoms with E-state index < -0.39 is 23.1 Å². The van der Waals surface area contributed by atoms with Crippen LogP contribution in [0.4, 0.5) is 4.39 Å². The van der Waals surface area contributed by atoms with Gasteiger partial charge in [-0.1, -0.05) is 0 Å². The van der Waals surface area contributed by atoms with E-state index in [1.165, 1.54) is 24.3 Å². The molecule has 0 amide bonds. The topological polar surface area (TPSA) is 77.0 Å². The minimum absolute atomic E-state index is 0.255. The Morgan fingerprint density at radius 3 is 2.52 bits per heavy atom. The molecule has 112 valence electrons. The largest absolute Gasteiger partial charge is 0.459 e. The molecular formula is C14H16FN3O3. The Morgan fingerprint density at radius 2 is 1.95 bits per heavy atom. The number of halogens is 1. The van der Waals surface area contributed by atoms with Gasteiger partial charge in [0.1, 0.15) is 18.0 Å². The molecule has 0 saturated heterocycles. The first kappa shape index (κ1) is 15.0. The first-order valence-electron chi connectivity index (χ1n) is 6.39. The molecule has 1 heterocycles. The van der Waals surface area contributed by atoms with Gasteiger partial charge in [0.15, 0.2) is 5.82 Å². The quantitative estimate of drug-likeness (QED) is 0.874. The van der Waals surface area contributed by atoms with Crippen molar-refractivity contribution in [1.82, 2.24) is 14.8 Å². The number of esters is 1. The van der Waals surface area contributed by atoms with E-state index in [9.17, 15) is 14.0 Å². The number of carbonyl (C=O) groups excluding carboxylic acids is 1. The van der Waals surface area contributed by atoms with Gasteiger partial charge in [-0.05, 0) is 45.0 Å². The van der Waals surface area contributed by atoms with E-state index in [2.05, 4.69) is 10.2 Å². The Kier molecular flexibility index (Phi) is 3.93. The summed E-state index contributed by atoms with van der Waals surface area (Å²) in [6.07, 6.45) is 0. The van der Waals surface area contributed by atoms with Crippen molar-refractivity contribution in [2.45, 2.75) is 32.9 Å². The van der Waals surface area contributed by atoms with Crippen LogP contribution < -0.4 is 5.69 Å². The maximum absolute atomic E-state index is 12.9. The number of carbonyl (C=O) groups is 1. The van der Waals surface area contributed by atoms with Crippen LogP contribution in [0.3, 0.4) is 0 Å². The van der Waals surface area contributed by atoms with Crippen molar-refractivity contribution in [2.24, 2.45) is 0 Å².